The van der Waals surface area contributed by atoms with Crippen LogP contribution < -0.4 is 0 Å². The van der Waals surface area contributed by atoms with Gasteiger partial charge in [-0.05, 0) is 36.0 Å². The Morgan fingerprint density at radius 1 is 1.45 bits per heavy atom. The van der Waals surface area contributed by atoms with Crippen LogP contribution in [-0.2, 0) is 11.2 Å². The van der Waals surface area contributed by atoms with Crippen molar-refractivity contribution in [1.82, 2.24) is 9.88 Å². The van der Waals surface area contributed by atoms with Crippen LogP contribution >= 0.6 is 22.6 Å². The van der Waals surface area contributed by atoms with Gasteiger partial charge in [-0.1, -0.05) is 41.6 Å². The third-order valence-corrected chi connectivity index (χ3v) is 6.64. The second-order valence-corrected chi connectivity index (χ2v) is 7.50. The molecule has 0 bridgehead atoms. The molecular formula is C18H21IN2O. The number of rotatable bonds is 2. The van der Waals surface area contributed by atoms with E-state index in [-0.39, 0.29) is 0 Å². The molecule has 1 aliphatic heterocycles. The van der Waals surface area contributed by atoms with Crippen LogP contribution in [0.4, 0.5) is 0 Å². The molecule has 1 fully saturated rings. The number of nitrogens with zero attached hydrogens (tertiary/aromatic N) is 1. The quantitative estimate of drug-likeness (QED) is 0.595. The Labute approximate surface area is 144 Å². The van der Waals surface area contributed by atoms with Gasteiger partial charge in [0.1, 0.15) is 0 Å². The summed E-state index contributed by atoms with van der Waals surface area (Å²) in [7, 11) is 0. The highest BCUT2D eigenvalue weighted by Crippen LogP contribution is 2.45. The molecule has 2 aliphatic rings. The predicted molar refractivity (Wildman–Crippen MR) is 97.5 cm³/mol. The molecule has 1 saturated heterocycles. The number of piperidine rings is 1. The first-order valence-electron chi connectivity index (χ1n) is 8.17. The number of aromatic nitrogens is 1. The molecule has 1 aliphatic carbocycles. The zero-order chi connectivity index (χ0) is 15.3. The van der Waals surface area contributed by atoms with E-state index < -0.39 is 0 Å². The summed E-state index contributed by atoms with van der Waals surface area (Å²) >= 11 is 2.48. The number of fused-ring (bicyclic) bond motifs is 2. The van der Waals surface area contributed by atoms with Crippen molar-refractivity contribution in [3.63, 3.8) is 0 Å². The number of likely N-dealkylation sites (tertiary alicyclic amines) is 1. The third-order valence-electron chi connectivity index (χ3n) is 5.40. The summed E-state index contributed by atoms with van der Waals surface area (Å²) in [6.45, 7) is 2.92. The molecule has 2 aromatic rings. The first kappa shape index (κ1) is 14.5. The fourth-order valence-electron chi connectivity index (χ4n) is 4.39. The smallest absolute Gasteiger partial charge is 0.222 e. The summed E-state index contributed by atoms with van der Waals surface area (Å²) in [5, 5.41) is 1.42. The molecule has 3 atom stereocenters. The minimum Gasteiger partial charge on any atom is -0.361 e. The second kappa shape index (κ2) is 5.55. The SMILES string of the molecule is CCC(=O)N1CC(CI)C[C@H]2c3cccc4[nH]cc(c34)C[C@@H]21. The van der Waals surface area contributed by atoms with Crippen molar-refractivity contribution in [1.29, 1.82) is 0 Å². The molecular weight excluding hydrogens is 387 g/mol. The van der Waals surface area contributed by atoms with Gasteiger partial charge in [0, 0.05) is 46.5 Å². The molecule has 1 unspecified atom stereocenters. The lowest BCUT2D eigenvalue weighted by Gasteiger charge is -2.47. The number of hydrogen-bond donors (Lipinski definition) is 1. The van der Waals surface area contributed by atoms with Gasteiger partial charge in [-0.3, -0.25) is 4.79 Å². The van der Waals surface area contributed by atoms with E-state index >= 15 is 0 Å². The Hall–Kier alpha value is -1.04. The summed E-state index contributed by atoms with van der Waals surface area (Å²) in [5.74, 6) is 1.43. The van der Waals surface area contributed by atoms with Crippen molar-refractivity contribution in [3.05, 3.63) is 35.5 Å². The number of halogens is 1. The zero-order valence-corrected chi connectivity index (χ0v) is 15.0. The topological polar surface area (TPSA) is 36.1 Å². The molecule has 3 nitrogen and oxygen atoms in total. The van der Waals surface area contributed by atoms with Crippen molar-refractivity contribution in [2.24, 2.45) is 5.92 Å². The third kappa shape index (κ3) is 2.10. The number of carbonyl (C=O) groups excluding carboxylic acids is 1. The monoisotopic (exact) mass is 408 g/mol. The van der Waals surface area contributed by atoms with Crippen molar-refractivity contribution in [2.45, 2.75) is 38.1 Å². The Balaban J connectivity index is 1.82. The average molecular weight is 408 g/mol. The Morgan fingerprint density at radius 2 is 2.32 bits per heavy atom. The average Bonchev–Trinajstić information content (AvgIpc) is 2.98. The maximum absolute atomic E-state index is 12.5. The molecule has 2 heterocycles. The largest absolute Gasteiger partial charge is 0.361 e. The Bertz CT molecular complexity index is 723. The standard InChI is InChI=1S/C18H21IN2O/c1-2-17(22)21-10-11(8-19)6-14-13-4-3-5-15-18(13)12(9-20-15)7-16(14)21/h3-5,9,11,14,16,20H,2,6-8,10H2,1H3/t11?,14-,16-/m0/s1. The van der Waals surface area contributed by atoms with Gasteiger partial charge in [0.15, 0.2) is 0 Å². The molecule has 1 N–H and O–H groups in total. The molecule has 116 valence electrons. The first-order valence-corrected chi connectivity index (χ1v) is 9.69. The highest BCUT2D eigenvalue weighted by atomic mass is 127. The van der Waals surface area contributed by atoms with Crippen LogP contribution in [0, 0.1) is 5.92 Å². The van der Waals surface area contributed by atoms with Crippen molar-refractivity contribution in [3.8, 4) is 0 Å². The van der Waals surface area contributed by atoms with Gasteiger partial charge in [0.05, 0.1) is 0 Å². The minimum atomic E-state index is 0.315. The lowest BCUT2D eigenvalue weighted by atomic mass is 9.72. The van der Waals surface area contributed by atoms with Crippen LogP contribution in [0.15, 0.2) is 24.4 Å². The number of benzene rings is 1. The fraction of sp³-hybridized carbons (Fsp3) is 0.500. The highest BCUT2D eigenvalue weighted by molar-refractivity contribution is 14.1. The fourth-order valence-corrected chi connectivity index (χ4v) is 5.03. The molecule has 4 heteroatoms. The highest BCUT2D eigenvalue weighted by Gasteiger charge is 2.41. The number of alkyl halides is 1. The number of carbonyl (C=O) groups is 1. The number of aromatic amines is 1. The lowest BCUT2D eigenvalue weighted by Crippen LogP contribution is -2.52. The normalized spacial score (nSPS) is 27.0. The van der Waals surface area contributed by atoms with Crippen LogP contribution in [0.1, 0.15) is 36.8 Å². The molecule has 1 aromatic carbocycles. The van der Waals surface area contributed by atoms with Crippen molar-refractivity contribution in [2.75, 3.05) is 11.0 Å². The summed E-state index contributed by atoms with van der Waals surface area (Å²) in [6.07, 6.45) is 4.97. The van der Waals surface area contributed by atoms with Crippen LogP contribution in [0.3, 0.4) is 0 Å². The van der Waals surface area contributed by atoms with Gasteiger partial charge in [-0.15, -0.1) is 0 Å². The summed E-state index contributed by atoms with van der Waals surface area (Å²) in [4.78, 5) is 18.1. The van der Waals surface area contributed by atoms with E-state index in [1.54, 1.807) is 0 Å². The van der Waals surface area contributed by atoms with Gasteiger partial charge < -0.3 is 9.88 Å². The number of amides is 1. The van der Waals surface area contributed by atoms with Gasteiger partial charge in [-0.2, -0.15) is 0 Å². The summed E-state index contributed by atoms with van der Waals surface area (Å²) in [5.41, 5.74) is 4.08. The lowest BCUT2D eigenvalue weighted by molar-refractivity contribution is -0.136. The van der Waals surface area contributed by atoms with Crippen molar-refractivity contribution >= 4 is 39.4 Å². The summed E-state index contributed by atoms with van der Waals surface area (Å²) in [6, 6.07) is 6.94. The van der Waals surface area contributed by atoms with Gasteiger partial charge >= 0.3 is 0 Å². The van der Waals surface area contributed by atoms with E-state index in [0.717, 1.165) is 17.4 Å². The maximum atomic E-state index is 12.5. The predicted octanol–water partition coefficient (Wildman–Crippen LogP) is 3.87. The van der Waals surface area contributed by atoms with Crippen molar-refractivity contribution < 1.29 is 4.79 Å². The van der Waals surface area contributed by atoms with E-state index in [0.29, 0.717) is 30.2 Å². The second-order valence-electron chi connectivity index (χ2n) is 6.62. The molecule has 1 amide bonds. The van der Waals surface area contributed by atoms with Crippen LogP contribution in [-0.4, -0.2) is 32.8 Å². The van der Waals surface area contributed by atoms with E-state index in [1.807, 2.05) is 6.92 Å². The van der Waals surface area contributed by atoms with Crippen LogP contribution in [0.5, 0.6) is 0 Å². The Morgan fingerprint density at radius 3 is 3.09 bits per heavy atom. The molecule has 1 aromatic heterocycles. The molecule has 0 saturated carbocycles. The molecule has 22 heavy (non-hydrogen) atoms. The van der Waals surface area contributed by atoms with Gasteiger partial charge in [-0.25, -0.2) is 0 Å². The zero-order valence-electron chi connectivity index (χ0n) is 12.8. The van der Waals surface area contributed by atoms with Gasteiger partial charge in [0.2, 0.25) is 5.91 Å². The summed E-state index contributed by atoms with van der Waals surface area (Å²) < 4.78 is 1.13. The molecule has 4 rings (SSSR count). The minimum absolute atomic E-state index is 0.315. The van der Waals surface area contributed by atoms with E-state index in [9.17, 15) is 4.79 Å². The van der Waals surface area contributed by atoms with E-state index in [2.05, 4.69) is 56.9 Å². The molecule has 0 spiro atoms. The number of nitrogens with one attached hydrogen (secondary N) is 1. The van der Waals surface area contributed by atoms with Gasteiger partial charge in [0.25, 0.3) is 0 Å². The van der Waals surface area contributed by atoms with E-state index in [1.165, 1.54) is 28.5 Å². The van der Waals surface area contributed by atoms with Crippen LogP contribution in [0.2, 0.25) is 0 Å². The first-order chi connectivity index (χ1) is 10.7. The van der Waals surface area contributed by atoms with Crippen LogP contribution in [0.25, 0.3) is 10.9 Å². The van der Waals surface area contributed by atoms with E-state index in [4.69, 9.17) is 0 Å². The number of hydrogen-bond acceptors (Lipinski definition) is 1. The Kier molecular flexibility index (Phi) is 3.67. The maximum Gasteiger partial charge on any atom is 0.222 e. The molecule has 0 radical (unpaired) electrons. The number of H-pyrrole nitrogens is 1.